The van der Waals surface area contributed by atoms with Gasteiger partial charge in [-0.15, -0.1) is 0 Å². The number of rotatable bonds is 4. The fourth-order valence-corrected chi connectivity index (χ4v) is 1.83. The van der Waals surface area contributed by atoms with Crippen LogP contribution in [0.5, 0.6) is 11.5 Å². The molecule has 0 aliphatic rings. The molecule has 98 valence electrons. The van der Waals surface area contributed by atoms with E-state index in [2.05, 4.69) is 0 Å². The normalized spacial score (nSPS) is 10.2. The number of Topliss-reactive ketones (excluding diaryl/α,β-unsaturated/α-hetero) is 1. The van der Waals surface area contributed by atoms with Gasteiger partial charge in [0.1, 0.15) is 18.1 Å². The van der Waals surface area contributed by atoms with Crippen LogP contribution >= 0.6 is 11.6 Å². The van der Waals surface area contributed by atoms with Gasteiger partial charge in [-0.1, -0.05) is 23.7 Å². The molecule has 0 spiro atoms. The van der Waals surface area contributed by atoms with Gasteiger partial charge in [0.25, 0.3) is 0 Å². The van der Waals surface area contributed by atoms with Gasteiger partial charge in [-0.3, -0.25) is 4.79 Å². The van der Waals surface area contributed by atoms with E-state index in [1.54, 1.807) is 42.5 Å². The summed E-state index contributed by atoms with van der Waals surface area (Å²) in [6.07, 6.45) is 0. The average Bonchev–Trinajstić information content (AvgIpc) is 2.39. The summed E-state index contributed by atoms with van der Waals surface area (Å²) in [6.45, 7) is 1.79. The molecule has 2 aromatic carbocycles. The summed E-state index contributed by atoms with van der Waals surface area (Å²) < 4.78 is 5.62. The van der Waals surface area contributed by atoms with E-state index in [1.165, 1.54) is 6.92 Å². The van der Waals surface area contributed by atoms with E-state index in [4.69, 9.17) is 16.3 Å². The SMILES string of the molecule is CC(=O)c1cc(Cl)ccc1OCc1ccc(O)cc1. The van der Waals surface area contributed by atoms with E-state index in [0.717, 1.165) is 5.56 Å². The Hall–Kier alpha value is -2.00. The number of carbonyl (C=O) groups is 1. The second-order valence-electron chi connectivity index (χ2n) is 4.15. The summed E-state index contributed by atoms with van der Waals surface area (Å²) in [5, 5.41) is 9.69. The van der Waals surface area contributed by atoms with Gasteiger partial charge < -0.3 is 9.84 Å². The van der Waals surface area contributed by atoms with Crippen LogP contribution in [0, 0.1) is 0 Å². The standard InChI is InChI=1S/C15H13ClO3/c1-10(17)14-8-12(16)4-7-15(14)19-9-11-2-5-13(18)6-3-11/h2-8,18H,9H2,1H3. The van der Waals surface area contributed by atoms with Gasteiger partial charge in [0.05, 0.1) is 5.56 Å². The molecular weight excluding hydrogens is 264 g/mol. The first kappa shape index (κ1) is 13.4. The van der Waals surface area contributed by atoms with Gasteiger partial charge in [0.15, 0.2) is 5.78 Å². The van der Waals surface area contributed by atoms with E-state index in [-0.39, 0.29) is 11.5 Å². The number of aromatic hydroxyl groups is 1. The summed E-state index contributed by atoms with van der Waals surface area (Å²) in [5.41, 5.74) is 1.37. The lowest BCUT2D eigenvalue weighted by atomic mass is 10.1. The molecule has 0 radical (unpaired) electrons. The summed E-state index contributed by atoms with van der Waals surface area (Å²) in [5.74, 6) is 0.618. The van der Waals surface area contributed by atoms with Gasteiger partial charge in [-0.2, -0.15) is 0 Å². The first-order valence-electron chi connectivity index (χ1n) is 5.77. The number of hydrogen-bond acceptors (Lipinski definition) is 3. The predicted molar refractivity (Wildman–Crippen MR) is 73.9 cm³/mol. The van der Waals surface area contributed by atoms with E-state index < -0.39 is 0 Å². The van der Waals surface area contributed by atoms with E-state index in [9.17, 15) is 9.90 Å². The summed E-state index contributed by atoms with van der Waals surface area (Å²) in [7, 11) is 0. The number of phenols is 1. The molecule has 19 heavy (non-hydrogen) atoms. The maximum atomic E-state index is 11.5. The highest BCUT2D eigenvalue weighted by molar-refractivity contribution is 6.31. The zero-order valence-corrected chi connectivity index (χ0v) is 11.1. The minimum atomic E-state index is -0.0943. The van der Waals surface area contributed by atoms with Crippen LogP contribution < -0.4 is 4.74 Å². The Balaban J connectivity index is 2.15. The van der Waals surface area contributed by atoms with Gasteiger partial charge >= 0.3 is 0 Å². The molecule has 2 rings (SSSR count). The van der Waals surface area contributed by atoms with Crippen LogP contribution in [0.2, 0.25) is 5.02 Å². The van der Waals surface area contributed by atoms with Crippen molar-refractivity contribution in [1.29, 1.82) is 0 Å². The Bertz CT molecular complexity index is 591. The number of benzene rings is 2. The Morgan fingerprint density at radius 1 is 1.21 bits per heavy atom. The van der Waals surface area contributed by atoms with Crippen molar-refractivity contribution < 1.29 is 14.6 Å². The van der Waals surface area contributed by atoms with Crippen LogP contribution in [-0.4, -0.2) is 10.9 Å². The zero-order valence-electron chi connectivity index (χ0n) is 10.4. The lowest BCUT2D eigenvalue weighted by Crippen LogP contribution is -2.01. The van der Waals surface area contributed by atoms with E-state index in [1.807, 2.05) is 0 Å². The van der Waals surface area contributed by atoms with Crippen LogP contribution in [0.25, 0.3) is 0 Å². The topological polar surface area (TPSA) is 46.5 Å². The smallest absolute Gasteiger partial charge is 0.163 e. The number of ether oxygens (including phenoxy) is 1. The van der Waals surface area contributed by atoms with Gasteiger partial charge in [0, 0.05) is 5.02 Å². The third-order valence-corrected chi connectivity index (χ3v) is 2.89. The molecule has 4 heteroatoms. The largest absolute Gasteiger partial charge is 0.508 e. The van der Waals surface area contributed by atoms with Crippen molar-refractivity contribution >= 4 is 17.4 Å². The van der Waals surface area contributed by atoms with E-state index in [0.29, 0.717) is 22.9 Å². The fraction of sp³-hybridized carbons (Fsp3) is 0.133. The third kappa shape index (κ3) is 3.48. The number of halogens is 1. The Morgan fingerprint density at radius 2 is 1.89 bits per heavy atom. The van der Waals surface area contributed by atoms with Crippen molar-refractivity contribution in [3.8, 4) is 11.5 Å². The highest BCUT2D eigenvalue weighted by Gasteiger charge is 2.09. The maximum Gasteiger partial charge on any atom is 0.163 e. The van der Waals surface area contributed by atoms with Crippen LogP contribution in [0.4, 0.5) is 0 Å². The average molecular weight is 277 g/mol. The van der Waals surface area contributed by atoms with Crippen LogP contribution in [0.3, 0.4) is 0 Å². The van der Waals surface area contributed by atoms with Crippen molar-refractivity contribution in [2.75, 3.05) is 0 Å². The molecule has 0 fully saturated rings. The molecule has 0 aliphatic carbocycles. The van der Waals surface area contributed by atoms with Crippen molar-refractivity contribution in [3.05, 3.63) is 58.6 Å². The number of phenolic OH excluding ortho intramolecular Hbond substituents is 1. The van der Waals surface area contributed by atoms with Crippen molar-refractivity contribution in [3.63, 3.8) is 0 Å². The van der Waals surface area contributed by atoms with Gasteiger partial charge in [-0.05, 0) is 42.8 Å². The maximum absolute atomic E-state index is 11.5. The highest BCUT2D eigenvalue weighted by atomic mass is 35.5. The second kappa shape index (κ2) is 5.76. The fourth-order valence-electron chi connectivity index (χ4n) is 1.66. The molecule has 0 bridgehead atoms. The van der Waals surface area contributed by atoms with Gasteiger partial charge in [-0.25, -0.2) is 0 Å². The molecule has 0 unspecified atom stereocenters. The molecule has 0 heterocycles. The quantitative estimate of drug-likeness (QED) is 0.864. The Morgan fingerprint density at radius 3 is 2.53 bits per heavy atom. The number of hydrogen-bond donors (Lipinski definition) is 1. The zero-order chi connectivity index (χ0) is 13.8. The third-order valence-electron chi connectivity index (χ3n) is 2.65. The Labute approximate surface area is 116 Å². The Kier molecular flexibility index (Phi) is 4.07. The monoisotopic (exact) mass is 276 g/mol. The molecular formula is C15H13ClO3. The molecule has 0 aromatic heterocycles. The molecule has 2 aromatic rings. The van der Waals surface area contributed by atoms with Crippen molar-refractivity contribution in [2.24, 2.45) is 0 Å². The minimum absolute atomic E-state index is 0.0943. The highest BCUT2D eigenvalue weighted by Crippen LogP contribution is 2.24. The van der Waals surface area contributed by atoms with Gasteiger partial charge in [0.2, 0.25) is 0 Å². The lowest BCUT2D eigenvalue weighted by molar-refractivity contribution is 0.101. The molecule has 1 N–H and O–H groups in total. The van der Waals surface area contributed by atoms with Crippen LogP contribution in [0.15, 0.2) is 42.5 Å². The van der Waals surface area contributed by atoms with Crippen LogP contribution in [-0.2, 0) is 6.61 Å². The molecule has 0 saturated carbocycles. The number of carbonyl (C=O) groups excluding carboxylic acids is 1. The second-order valence-corrected chi connectivity index (χ2v) is 4.59. The molecule has 0 amide bonds. The first-order valence-corrected chi connectivity index (χ1v) is 6.15. The summed E-state index contributed by atoms with van der Waals surface area (Å²) in [4.78, 5) is 11.5. The molecule has 3 nitrogen and oxygen atoms in total. The molecule has 0 atom stereocenters. The predicted octanol–water partition coefficient (Wildman–Crippen LogP) is 3.83. The lowest BCUT2D eigenvalue weighted by Gasteiger charge is -2.10. The number of ketones is 1. The first-order chi connectivity index (χ1) is 9.06. The summed E-state index contributed by atoms with van der Waals surface area (Å²) in [6, 6.07) is 11.7. The van der Waals surface area contributed by atoms with Crippen molar-refractivity contribution in [1.82, 2.24) is 0 Å². The van der Waals surface area contributed by atoms with Crippen LogP contribution in [0.1, 0.15) is 22.8 Å². The van der Waals surface area contributed by atoms with E-state index >= 15 is 0 Å². The summed E-state index contributed by atoms with van der Waals surface area (Å²) >= 11 is 5.86. The van der Waals surface area contributed by atoms with Crippen molar-refractivity contribution in [2.45, 2.75) is 13.5 Å². The molecule has 0 saturated heterocycles. The molecule has 0 aliphatic heterocycles. The minimum Gasteiger partial charge on any atom is -0.508 e.